The van der Waals surface area contributed by atoms with Gasteiger partial charge in [0.1, 0.15) is 5.75 Å². The molecule has 16 heavy (non-hydrogen) atoms. The van der Waals surface area contributed by atoms with Crippen LogP contribution in [0.1, 0.15) is 6.92 Å². The van der Waals surface area contributed by atoms with E-state index in [0.29, 0.717) is 5.88 Å². The zero-order chi connectivity index (χ0) is 10.8. The Morgan fingerprint density at radius 3 is 2.31 bits per heavy atom. The maximum absolute atomic E-state index is 6.50. The Morgan fingerprint density at radius 1 is 1.38 bits per heavy atom. The van der Waals surface area contributed by atoms with Crippen LogP contribution in [0.15, 0.2) is 42.8 Å². The number of hydrogen-bond donors (Lipinski definition) is 3. The molecule has 0 radical (unpaired) electrons. The number of benzene rings is 1. The normalized spacial score (nSPS) is 7.19. The zero-order valence-electron chi connectivity index (χ0n) is 9.64. The topological polar surface area (TPSA) is 67.5 Å². The largest absolute Gasteiger partial charge is 0.442 e. The fraction of sp³-hybridized carbons (Fsp3) is 0.182. The molecule has 0 aliphatic heterocycles. The van der Waals surface area contributed by atoms with Crippen LogP contribution in [0, 0.1) is 7.43 Å². The van der Waals surface area contributed by atoms with Crippen molar-refractivity contribution in [3.63, 3.8) is 0 Å². The van der Waals surface area contributed by atoms with Crippen molar-refractivity contribution in [2.45, 2.75) is 6.92 Å². The van der Waals surface area contributed by atoms with Crippen LogP contribution in [0.25, 0.3) is 0 Å². The first-order valence-electron chi connectivity index (χ1n) is 4.24. The third kappa shape index (κ3) is 9.71. The van der Waals surface area contributed by atoms with Crippen molar-refractivity contribution < 1.29 is 31.0 Å². The predicted octanol–water partition coefficient (Wildman–Crippen LogP) is 1.93. The first kappa shape index (κ1) is 20.6. The fourth-order valence-corrected chi connectivity index (χ4v) is 0.864. The molecule has 0 unspecified atom stereocenters. The molecule has 1 rings (SSSR count). The molecule has 0 saturated heterocycles. The molecule has 0 saturated carbocycles. The van der Waals surface area contributed by atoms with Crippen LogP contribution in [0.5, 0.6) is 5.75 Å². The summed E-state index contributed by atoms with van der Waals surface area (Å²) in [7, 11) is 0. The summed E-state index contributed by atoms with van der Waals surface area (Å²) in [5.74, 6) is 4.90. The molecule has 0 amide bonds. The third-order valence-corrected chi connectivity index (χ3v) is 1.36. The Bertz CT molecular complexity index is 255. The van der Waals surface area contributed by atoms with Gasteiger partial charge in [0.05, 0.1) is 0 Å². The molecule has 0 spiro atoms. The van der Waals surface area contributed by atoms with E-state index in [1.54, 1.807) is 0 Å². The zero-order valence-corrected chi connectivity index (χ0v) is 12.6. The molecular weight excluding hydrogens is 376 g/mol. The Morgan fingerprint density at radius 2 is 1.88 bits per heavy atom. The molecule has 92 valence electrons. The molecule has 0 heterocycles. The van der Waals surface area contributed by atoms with Gasteiger partial charge in [0.2, 0.25) is 0 Å². The van der Waals surface area contributed by atoms with Gasteiger partial charge in [0.15, 0.2) is 5.88 Å². The summed E-state index contributed by atoms with van der Waals surface area (Å²) in [5, 5.41) is 9.48. The summed E-state index contributed by atoms with van der Waals surface area (Å²) in [4.78, 5) is 0. The van der Waals surface area contributed by atoms with E-state index in [1.807, 2.05) is 37.3 Å². The van der Waals surface area contributed by atoms with Gasteiger partial charge in [-0.3, -0.25) is 0 Å². The van der Waals surface area contributed by atoms with Crippen LogP contribution >= 0.6 is 0 Å². The van der Waals surface area contributed by atoms with E-state index < -0.39 is 0 Å². The van der Waals surface area contributed by atoms with Crippen molar-refractivity contribution in [3.05, 3.63) is 50.2 Å². The quantitative estimate of drug-likeness (QED) is 0.414. The van der Waals surface area contributed by atoms with Crippen molar-refractivity contribution in [2.24, 2.45) is 5.90 Å². The number of para-hydroxylation sites is 1. The minimum atomic E-state index is 0. The fourth-order valence-electron chi connectivity index (χ4n) is 0.864. The van der Waals surface area contributed by atoms with Crippen molar-refractivity contribution in [1.82, 2.24) is 5.32 Å². The molecule has 4 N–H and O–H groups in total. The van der Waals surface area contributed by atoms with E-state index in [1.165, 1.54) is 0 Å². The molecule has 0 bridgehead atoms. The molecule has 0 aliphatic carbocycles. The number of hydrogen-bond acceptors (Lipinski definition) is 4. The van der Waals surface area contributed by atoms with E-state index in [0.717, 1.165) is 12.3 Å². The van der Waals surface area contributed by atoms with E-state index in [9.17, 15) is 0 Å². The minimum Gasteiger partial charge on any atom is -0.442 e. The predicted molar refractivity (Wildman–Crippen MR) is 62.3 cm³/mol. The SMILES string of the molecule is C=C(NCC)Oc1ccccc1.NO.[CH3-].[W]. The van der Waals surface area contributed by atoms with Gasteiger partial charge in [0, 0.05) is 27.6 Å². The second kappa shape index (κ2) is 14.2. The number of ether oxygens (including phenoxy) is 1. The maximum Gasteiger partial charge on any atom is 0.186 e. The number of rotatable bonds is 4. The molecule has 0 aliphatic rings. The van der Waals surface area contributed by atoms with E-state index in [2.05, 4.69) is 17.8 Å². The van der Waals surface area contributed by atoms with Gasteiger partial charge in [0.25, 0.3) is 0 Å². The molecule has 1 aromatic rings. The average molecular weight is 395 g/mol. The second-order valence-corrected chi connectivity index (χ2v) is 2.37. The summed E-state index contributed by atoms with van der Waals surface area (Å²) < 4.78 is 5.35. The molecular formula is C11H19N2O2W-. The third-order valence-electron chi connectivity index (χ3n) is 1.36. The summed E-state index contributed by atoms with van der Waals surface area (Å²) in [6.45, 7) is 6.53. The van der Waals surface area contributed by atoms with Crippen LogP contribution in [-0.2, 0) is 21.1 Å². The van der Waals surface area contributed by atoms with Crippen molar-refractivity contribution in [3.8, 4) is 5.75 Å². The summed E-state index contributed by atoms with van der Waals surface area (Å²) in [6.07, 6.45) is 0. The first-order chi connectivity index (χ1) is 6.83. The Kier molecular flexibility index (Phi) is 18.2. The van der Waals surface area contributed by atoms with E-state index in [4.69, 9.17) is 9.94 Å². The molecule has 5 heteroatoms. The first-order valence-corrected chi connectivity index (χ1v) is 4.24. The molecule has 4 nitrogen and oxygen atoms in total. The van der Waals surface area contributed by atoms with Crippen molar-refractivity contribution in [2.75, 3.05) is 6.54 Å². The molecule has 0 fully saturated rings. The van der Waals surface area contributed by atoms with Gasteiger partial charge in [-0.25, -0.2) is 5.90 Å². The maximum atomic E-state index is 6.50. The van der Waals surface area contributed by atoms with Crippen LogP contribution in [0.2, 0.25) is 0 Å². The Balaban J connectivity index is -0.000000399. The van der Waals surface area contributed by atoms with Crippen LogP contribution in [0.4, 0.5) is 0 Å². The molecule has 0 atom stereocenters. The van der Waals surface area contributed by atoms with Crippen molar-refractivity contribution >= 4 is 0 Å². The van der Waals surface area contributed by atoms with Crippen molar-refractivity contribution in [1.29, 1.82) is 0 Å². The Labute approximate surface area is 112 Å². The second-order valence-electron chi connectivity index (χ2n) is 2.37. The smallest absolute Gasteiger partial charge is 0.186 e. The van der Waals surface area contributed by atoms with Gasteiger partial charge in [-0.05, 0) is 25.6 Å². The van der Waals surface area contributed by atoms with Gasteiger partial charge >= 0.3 is 0 Å². The summed E-state index contributed by atoms with van der Waals surface area (Å²) in [5.41, 5.74) is 0. The van der Waals surface area contributed by atoms with Gasteiger partial charge in [-0.1, -0.05) is 18.2 Å². The van der Waals surface area contributed by atoms with Crippen LogP contribution in [-0.4, -0.2) is 11.8 Å². The standard InChI is InChI=1S/C10H13NO.CH3.H3NO.W/c1-3-11-9(2)12-10-7-5-4-6-8-10;;1-2;/h4-8,11H,2-3H2,1H3;1H3;2H,1H2;/q;-1;;. The monoisotopic (exact) mass is 395 g/mol. The van der Waals surface area contributed by atoms with Gasteiger partial charge < -0.3 is 22.7 Å². The van der Waals surface area contributed by atoms with Gasteiger partial charge in [-0.15, -0.1) is 0 Å². The van der Waals surface area contributed by atoms with E-state index >= 15 is 0 Å². The van der Waals surface area contributed by atoms with Crippen LogP contribution < -0.4 is 16.0 Å². The summed E-state index contributed by atoms with van der Waals surface area (Å²) in [6, 6.07) is 9.58. The Hall–Kier alpha value is -0.832. The summed E-state index contributed by atoms with van der Waals surface area (Å²) >= 11 is 0. The number of nitrogens with one attached hydrogen (secondary N) is 1. The van der Waals surface area contributed by atoms with Gasteiger partial charge in [-0.2, -0.15) is 0 Å². The van der Waals surface area contributed by atoms with E-state index in [-0.39, 0.29) is 28.5 Å². The number of nitrogens with two attached hydrogens (primary N) is 1. The molecule has 1 aromatic carbocycles. The molecule has 0 aromatic heterocycles. The average Bonchev–Trinajstić information content (AvgIpc) is 2.22. The van der Waals surface area contributed by atoms with Crippen LogP contribution in [0.3, 0.4) is 0 Å². The minimum absolute atomic E-state index is 0.